The van der Waals surface area contributed by atoms with E-state index in [1.807, 2.05) is 49.4 Å². The SMILES string of the molecule is Cc1cc(Br)c(NC(=S)N[C@@H](NC(=O)OCc2ccccc2)C(Cl)(Cl)Cl)c(Br)c1. The number of anilines is 1. The average Bonchev–Trinajstić information content (AvgIpc) is 2.62. The number of thiocarbonyl (C=S) groups is 1. The van der Waals surface area contributed by atoms with Crippen LogP contribution in [0.15, 0.2) is 51.4 Å². The number of halogens is 5. The molecule has 0 aliphatic heterocycles. The molecule has 2 aromatic carbocycles. The molecule has 29 heavy (non-hydrogen) atoms. The minimum absolute atomic E-state index is 0.0746. The van der Waals surface area contributed by atoms with Crippen LogP contribution in [-0.4, -0.2) is 21.2 Å². The first kappa shape index (κ1) is 24.5. The molecule has 156 valence electrons. The molecule has 0 unspecified atom stereocenters. The summed E-state index contributed by atoms with van der Waals surface area (Å²) in [6, 6.07) is 13.0. The summed E-state index contributed by atoms with van der Waals surface area (Å²) in [5, 5.41) is 8.37. The number of aryl methyl sites for hydroxylation is 1. The van der Waals surface area contributed by atoms with E-state index >= 15 is 0 Å². The number of ether oxygens (including phenoxy) is 1. The van der Waals surface area contributed by atoms with E-state index in [1.165, 1.54) is 0 Å². The molecule has 0 aliphatic carbocycles. The fourth-order valence-electron chi connectivity index (χ4n) is 2.18. The number of alkyl halides is 3. The summed E-state index contributed by atoms with van der Waals surface area (Å²) in [6.45, 7) is 2.03. The second kappa shape index (κ2) is 11.0. The minimum Gasteiger partial charge on any atom is -0.445 e. The van der Waals surface area contributed by atoms with Crippen LogP contribution in [0.4, 0.5) is 10.5 Å². The van der Waals surface area contributed by atoms with E-state index in [0.29, 0.717) is 5.69 Å². The predicted octanol–water partition coefficient (Wildman–Crippen LogP) is 6.43. The average molecular weight is 605 g/mol. The Kier molecular flexibility index (Phi) is 9.31. The third kappa shape index (κ3) is 8.11. The molecule has 1 atom stereocenters. The van der Waals surface area contributed by atoms with Crippen molar-refractivity contribution in [3.63, 3.8) is 0 Å². The van der Waals surface area contributed by atoms with E-state index in [2.05, 4.69) is 47.8 Å². The van der Waals surface area contributed by atoms with Crippen molar-refractivity contribution in [2.45, 2.75) is 23.5 Å². The van der Waals surface area contributed by atoms with Gasteiger partial charge >= 0.3 is 6.09 Å². The number of hydrogen-bond acceptors (Lipinski definition) is 3. The topological polar surface area (TPSA) is 62.4 Å². The second-order valence-corrected chi connectivity index (χ2v) is 10.4. The van der Waals surface area contributed by atoms with Gasteiger partial charge in [0.05, 0.1) is 5.69 Å². The summed E-state index contributed by atoms with van der Waals surface area (Å²) < 4.78 is 4.84. The Bertz CT molecular complexity index is 859. The Labute approximate surface area is 206 Å². The highest BCUT2D eigenvalue weighted by atomic mass is 79.9. The highest BCUT2D eigenvalue weighted by Crippen LogP contribution is 2.33. The van der Waals surface area contributed by atoms with Crippen LogP contribution >= 0.6 is 78.9 Å². The first-order valence-electron chi connectivity index (χ1n) is 8.13. The maximum Gasteiger partial charge on any atom is 0.409 e. The van der Waals surface area contributed by atoms with Crippen molar-refractivity contribution >= 4 is 95.8 Å². The maximum atomic E-state index is 12.1. The standard InChI is InChI=1S/C18H16Br2Cl3N3O2S/c1-10-7-12(19)14(13(20)8-10)24-16(29)25-15(18(21,22)23)26-17(27)28-9-11-5-3-2-4-6-11/h2-8,15H,9H2,1H3,(H,26,27)(H2,24,25,29)/t15-/m0/s1. The van der Waals surface area contributed by atoms with Gasteiger partial charge in [-0.15, -0.1) is 0 Å². The maximum absolute atomic E-state index is 12.1. The second-order valence-electron chi connectivity index (χ2n) is 5.88. The summed E-state index contributed by atoms with van der Waals surface area (Å²) in [7, 11) is 0. The predicted molar refractivity (Wildman–Crippen MR) is 130 cm³/mol. The summed E-state index contributed by atoms with van der Waals surface area (Å²) in [5.74, 6) is 0. The molecule has 2 aromatic rings. The van der Waals surface area contributed by atoms with Crippen LogP contribution in [0.5, 0.6) is 0 Å². The summed E-state index contributed by atoms with van der Waals surface area (Å²) in [5.41, 5.74) is 2.56. The van der Waals surface area contributed by atoms with Crippen LogP contribution < -0.4 is 16.0 Å². The molecule has 5 nitrogen and oxygen atoms in total. The van der Waals surface area contributed by atoms with Crippen LogP contribution in [0.2, 0.25) is 0 Å². The van der Waals surface area contributed by atoms with Gasteiger partial charge in [-0.3, -0.25) is 5.32 Å². The summed E-state index contributed by atoms with van der Waals surface area (Å²) in [6.07, 6.45) is -1.91. The molecule has 2 rings (SSSR count). The van der Waals surface area contributed by atoms with Gasteiger partial charge in [0, 0.05) is 8.95 Å². The number of alkyl carbamates (subject to hydrolysis) is 1. The highest BCUT2D eigenvalue weighted by molar-refractivity contribution is 9.11. The molecular weight excluding hydrogens is 588 g/mol. The van der Waals surface area contributed by atoms with Crippen LogP contribution in [0.25, 0.3) is 0 Å². The molecule has 1 amide bonds. The molecule has 0 saturated heterocycles. The lowest BCUT2D eigenvalue weighted by molar-refractivity contribution is 0.135. The number of amides is 1. The smallest absolute Gasteiger partial charge is 0.409 e. The van der Waals surface area contributed by atoms with Crippen LogP contribution in [0.3, 0.4) is 0 Å². The fraction of sp³-hybridized carbons (Fsp3) is 0.222. The number of nitrogens with one attached hydrogen (secondary N) is 3. The molecule has 0 heterocycles. The van der Waals surface area contributed by atoms with Gasteiger partial charge in [0.1, 0.15) is 6.61 Å². The van der Waals surface area contributed by atoms with E-state index in [-0.39, 0.29) is 11.7 Å². The molecule has 0 fully saturated rings. The van der Waals surface area contributed by atoms with Crippen LogP contribution in [0, 0.1) is 6.92 Å². The molecule has 0 bridgehead atoms. The van der Waals surface area contributed by atoms with Crippen molar-refractivity contribution in [2.24, 2.45) is 0 Å². The Morgan fingerprint density at radius 3 is 2.28 bits per heavy atom. The molecule has 0 aromatic heterocycles. The first-order valence-corrected chi connectivity index (χ1v) is 11.3. The van der Waals surface area contributed by atoms with Crippen LogP contribution in [-0.2, 0) is 11.3 Å². The van der Waals surface area contributed by atoms with Gasteiger partial charge in [-0.05, 0) is 74.3 Å². The molecular formula is C18H16Br2Cl3N3O2S. The van der Waals surface area contributed by atoms with E-state index in [0.717, 1.165) is 20.1 Å². The zero-order valence-electron chi connectivity index (χ0n) is 14.9. The lowest BCUT2D eigenvalue weighted by Gasteiger charge is -2.27. The van der Waals surface area contributed by atoms with E-state index in [9.17, 15) is 4.79 Å². The van der Waals surface area contributed by atoms with Gasteiger partial charge < -0.3 is 15.4 Å². The third-order valence-electron chi connectivity index (χ3n) is 3.50. The van der Waals surface area contributed by atoms with Crippen molar-refractivity contribution in [3.05, 3.63) is 62.5 Å². The van der Waals surface area contributed by atoms with Gasteiger partial charge in [0.15, 0.2) is 11.3 Å². The monoisotopic (exact) mass is 601 g/mol. The zero-order valence-corrected chi connectivity index (χ0v) is 21.2. The molecule has 0 radical (unpaired) electrons. The first-order chi connectivity index (χ1) is 13.6. The van der Waals surface area contributed by atoms with E-state index < -0.39 is 16.1 Å². The quantitative estimate of drug-likeness (QED) is 0.209. The number of rotatable bonds is 5. The zero-order chi connectivity index (χ0) is 21.6. The Morgan fingerprint density at radius 1 is 1.14 bits per heavy atom. The lowest BCUT2D eigenvalue weighted by Crippen LogP contribution is -2.56. The van der Waals surface area contributed by atoms with Crippen molar-refractivity contribution in [1.29, 1.82) is 0 Å². The van der Waals surface area contributed by atoms with Gasteiger partial charge in [-0.1, -0.05) is 65.1 Å². The minimum atomic E-state index is -1.89. The number of benzene rings is 2. The molecule has 11 heteroatoms. The third-order valence-corrected chi connectivity index (χ3v) is 5.63. The van der Waals surface area contributed by atoms with E-state index in [1.54, 1.807) is 0 Å². The summed E-state index contributed by atoms with van der Waals surface area (Å²) in [4.78, 5) is 12.1. The van der Waals surface area contributed by atoms with Gasteiger partial charge in [-0.25, -0.2) is 4.79 Å². The molecule has 0 aliphatic rings. The van der Waals surface area contributed by atoms with Crippen LogP contribution in [0.1, 0.15) is 11.1 Å². The molecule has 0 spiro atoms. The number of carbonyl (C=O) groups is 1. The largest absolute Gasteiger partial charge is 0.445 e. The highest BCUT2D eigenvalue weighted by Gasteiger charge is 2.35. The normalized spacial score (nSPS) is 12.1. The van der Waals surface area contributed by atoms with Crippen molar-refractivity contribution < 1.29 is 9.53 Å². The molecule has 3 N–H and O–H groups in total. The van der Waals surface area contributed by atoms with Crippen molar-refractivity contribution in [3.8, 4) is 0 Å². The number of carbonyl (C=O) groups excluding carboxylic acids is 1. The van der Waals surface area contributed by atoms with Gasteiger partial charge in [0.2, 0.25) is 3.79 Å². The number of hydrogen-bond donors (Lipinski definition) is 3. The van der Waals surface area contributed by atoms with Crippen molar-refractivity contribution in [1.82, 2.24) is 10.6 Å². The van der Waals surface area contributed by atoms with Gasteiger partial charge in [-0.2, -0.15) is 0 Å². The van der Waals surface area contributed by atoms with Gasteiger partial charge in [0.25, 0.3) is 0 Å². The summed E-state index contributed by atoms with van der Waals surface area (Å²) >= 11 is 30.2. The Hall–Kier alpha value is -0.770. The Morgan fingerprint density at radius 2 is 1.72 bits per heavy atom. The molecule has 0 saturated carbocycles. The fourth-order valence-corrected chi connectivity index (χ4v) is 4.34. The Balaban J connectivity index is 1.99. The lowest BCUT2D eigenvalue weighted by atomic mass is 10.2. The van der Waals surface area contributed by atoms with E-state index in [4.69, 9.17) is 51.8 Å². The van der Waals surface area contributed by atoms with Crippen molar-refractivity contribution in [2.75, 3.05) is 5.32 Å².